The van der Waals surface area contributed by atoms with E-state index in [0.717, 1.165) is 12.0 Å². The summed E-state index contributed by atoms with van der Waals surface area (Å²) >= 11 is 0. The highest BCUT2D eigenvalue weighted by Gasteiger charge is 2.17. The van der Waals surface area contributed by atoms with Crippen molar-refractivity contribution in [3.63, 3.8) is 0 Å². The van der Waals surface area contributed by atoms with Gasteiger partial charge in [0.2, 0.25) is 0 Å². The van der Waals surface area contributed by atoms with Crippen molar-refractivity contribution in [1.29, 1.82) is 0 Å². The van der Waals surface area contributed by atoms with Crippen LogP contribution >= 0.6 is 0 Å². The van der Waals surface area contributed by atoms with E-state index in [1.807, 2.05) is 18.2 Å². The van der Waals surface area contributed by atoms with E-state index >= 15 is 0 Å². The molecular formula is C19H22N2O3. The number of nitrogens with one attached hydrogen (secondary N) is 2. The van der Waals surface area contributed by atoms with Crippen LogP contribution in [0.1, 0.15) is 31.7 Å². The van der Waals surface area contributed by atoms with Gasteiger partial charge in [-0.05, 0) is 48.2 Å². The third-order valence-corrected chi connectivity index (χ3v) is 3.91. The van der Waals surface area contributed by atoms with E-state index in [1.54, 1.807) is 37.4 Å². The highest BCUT2D eigenvalue weighted by atomic mass is 16.5. The number of benzene rings is 2. The molecule has 5 nitrogen and oxygen atoms in total. The Balaban J connectivity index is 2.05. The maximum absolute atomic E-state index is 12.2. The van der Waals surface area contributed by atoms with Crippen molar-refractivity contribution in [3.05, 3.63) is 54.1 Å². The minimum Gasteiger partial charge on any atom is -0.497 e. The van der Waals surface area contributed by atoms with Gasteiger partial charge in [-0.25, -0.2) is 0 Å². The van der Waals surface area contributed by atoms with Crippen molar-refractivity contribution in [2.24, 2.45) is 0 Å². The first-order valence-corrected chi connectivity index (χ1v) is 7.90. The third-order valence-electron chi connectivity index (χ3n) is 3.91. The summed E-state index contributed by atoms with van der Waals surface area (Å²) in [5, 5.41) is 5.26. The molecule has 2 N–H and O–H groups in total. The Morgan fingerprint density at radius 2 is 1.62 bits per heavy atom. The first-order valence-electron chi connectivity index (χ1n) is 7.90. The molecule has 126 valence electrons. The highest BCUT2D eigenvalue weighted by Crippen LogP contribution is 2.26. The molecule has 1 atom stereocenters. The van der Waals surface area contributed by atoms with Gasteiger partial charge < -0.3 is 15.4 Å². The summed E-state index contributed by atoms with van der Waals surface area (Å²) in [7, 11) is 1.57. The maximum Gasteiger partial charge on any atom is 0.314 e. The van der Waals surface area contributed by atoms with Gasteiger partial charge in [0.05, 0.1) is 7.11 Å². The van der Waals surface area contributed by atoms with E-state index in [9.17, 15) is 9.59 Å². The largest absolute Gasteiger partial charge is 0.497 e. The normalized spacial score (nSPS) is 11.5. The van der Waals surface area contributed by atoms with E-state index in [0.29, 0.717) is 23.0 Å². The number of amides is 2. The second-order valence-electron chi connectivity index (χ2n) is 5.53. The van der Waals surface area contributed by atoms with Crippen LogP contribution in [0.4, 0.5) is 11.4 Å². The molecule has 1 unspecified atom stereocenters. The second kappa shape index (κ2) is 8.15. The maximum atomic E-state index is 12.2. The monoisotopic (exact) mass is 326 g/mol. The van der Waals surface area contributed by atoms with Gasteiger partial charge in [0.1, 0.15) is 5.75 Å². The van der Waals surface area contributed by atoms with E-state index in [4.69, 9.17) is 4.74 Å². The molecule has 0 fully saturated rings. The Hall–Kier alpha value is -2.82. The molecule has 0 radical (unpaired) electrons. The average molecular weight is 326 g/mol. The standard InChI is InChI=1S/C19H22N2O3/c1-4-13(2)16-7-5-6-8-17(16)21-19(23)18(22)20-14-9-11-15(24-3)12-10-14/h5-13H,4H2,1-3H3,(H,20,22)(H,21,23). The van der Waals surface area contributed by atoms with Gasteiger partial charge in [-0.2, -0.15) is 0 Å². The second-order valence-corrected chi connectivity index (χ2v) is 5.53. The molecule has 24 heavy (non-hydrogen) atoms. The fourth-order valence-electron chi connectivity index (χ4n) is 2.30. The zero-order chi connectivity index (χ0) is 17.5. The molecule has 2 rings (SSSR count). The van der Waals surface area contributed by atoms with Gasteiger partial charge in [-0.1, -0.05) is 32.0 Å². The number of hydrogen-bond acceptors (Lipinski definition) is 3. The van der Waals surface area contributed by atoms with E-state index in [-0.39, 0.29) is 0 Å². The zero-order valence-electron chi connectivity index (χ0n) is 14.1. The lowest BCUT2D eigenvalue weighted by atomic mass is 9.97. The first kappa shape index (κ1) is 17.5. The average Bonchev–Trinajstić information content (AvgIpc) is 2.62. The minimum atomic E-state index is -0.709. The lowest BCUT2D eigenvalue weighted by Crippen LogP contribution is -2.29. The van der Waals surface area contributed by atoms with Crippen LogP contribution in [-0.4, -0.2) is 18.9 Å². The summed E-state index contributed by atoms with van der Waals surface area (Å²) in [6.07, 6.45) is 0.949. The Kier molecular flexibility index (Phi) is 5.95. The molecule has 0 aromatic heterocycles. The van der Waals surface area contributed by atoms with Crippen LogP contribution in [0.15, 0.2) is 48.5 Å². The molecule has 0 aliphatic carbocycles. The number of carbonyl (C=O) groups is 2. The molecule has 0 aliphatic rings. The van der Waals surface area contributed by atoms with Crippen LogP contribution in [0.2, 0.25) is 0 Å². The van der Waals surface area contributed by atoms with Crippen molar-refractivity contribution in [3.8, 4) is 5.75 Å². The summed E-state index contributed by atoms with van der Waals surface area (Å²) in [6.45, 7) is 4.17. The summed E-state index contributed by atoms with van der Waals surface area (Å²) < 4.78 is 5.05. The summed E-state index contributed by atoms with van der Waals surface area (Å²) in [5.74, 6) is -0.424. The molecule has 0 aliphatic heterocycles. The van der Waals surface area contributed by atoms with Gasteiger partial charge in [-0.3, -0.25) is 9.59 Å². The van der Waals surface area contributed by atoms with Crippen LogP contribution in [0.25, 0.3) is 0 Å². The summed E-state index contributed by atoms with van der Waals surface area (Å²) in [6, 6.07) is 14.3. The molecule has 0 saturated carbocycles. The van der Waals surface area contributed by atoms with Crippen molar-refractivity contribution in [2.75, 3.05) is 17.7 Å². The Morgan fingerprint density at radius 1 is 1.00 bits per heavy atom. The molecule has 5 heteroatoms. The van der Waals surface area contributed by atoms with Gasteiger partial charge in [0, 0.05) is 11.4 Å². The Morgan fingerprint density at radius 3 is 2.25 bits per heavy atom. The number of hydrogen-bond donors (Lipinski definition) is 2. The van der Waals surface area contributed by atoms with Gasteiger partial charge in [0.15, 0.2) is 0 Å². The quantitative estimate of drug-likeness (QED) is 0.822. The SMILES string of the molecule is CCC(C)c1ccccc1NC(=O)C(=O)Nc1ccc(OC)cc1. The molecule has 2 amide bonds. The number of methoxy groups -OCH3 is 1. The van der Waals surface area contributed by atoms with E-state index < -0.39 is 11.8 Å². The van der Waals surface area contributed by atoms with Gasteiger partial charge >= 0.3 is 11.8 Å². The van der Waals surface area contributed by atoms with Crippen LogP contribution in [-0.2, 0) is 9.59 Å². The molecule has 0 spiro atoms. The van der Waals surface area contributed by atoms with Gasteiger partial charge in [0.25, 0.3) is 0 Å². The Bertz CT molecular complexity index is 711. The fourth-order valence-corrected chi connectivity index (χ4v) is 2.30. The third kappa shape index (κ3) is 4.35. The highest BCUT2D eigenvalue weighted by molar-refractivity contribution is 6.43. The number of ether oxygens (including phenoxy) is 1. The Labute approximate surface area is 142 Å². The lowest BCUT2D eigenvalue weighted by molar-refractivity contribution is -0.133. The van der Waals surface area contributed by atoms with Crippen LogP contribution < -0.4 is 15.4 Å². The van der Waals surface area contributed by atoms with Crippen LogP contribution in [0, 0.1) is 0 Å². The predicted molar refractivity (Wildman–Crippen MR) is 95.4 cm³/mol. The zero-order valence-corrected chi connectivity index (χ0v) is 14.1. The van der Waals surface area contributed by atoms with Gasteiger partial charge in [-0.15, -0.1) is 0 Å². The van der Waals surface area contributed by atoms with Crippen molar-refractivity contribution >= 4 is 23.2 Å². The van der Waals surface area contributed by atoms with Crippen LogP contribution in [0.3, 0.4) is 0 Å². The summed E-state index contributed by atoms with van der Waals surface area (Å²) in [5.41, 5.74) is 2.22. The number of para-hydroxylation sites is 1. The molecular weight excluding hydrogens is 304 g/mol. The molecule has 2 aromatic rings. The lowest BCUT2D eigenvalue weighted by Gasteiger charge is -2.15. The fraction of sp³-hybridized carbons (Fsp3) is 0.263. The number of rotatable bonds is 5. The van der Waals surface area contributed by atoms with Crippen molar-refractivity contribution in [1.82, 2.24) is 0 Å². The van der Waals surface area contributed by atoms with E-state index in [1.165, 1.54) is 0 Å². The number of carbonyl (C=O) groups excluding carboxylic acids is 2. The topological polar surface area (TPSA) is 67.4 Å². The molecule has 2 aromatic carbocycles. The summed E-state index contributed by atoms with van der Waals surface area (Å²) in [4.78, 5) is 24.2. The van der Waals surface area contributed by atoms with Crippen molar-refractivity contribution in [2.45, 2.75) is 26.2 Å². The number of anilines is 2. The molecule has 0 saturated heterocycles. The minimum absolute atomic E-state index is 0.297. The van der Waals surface area contributed by atoms with Crippen molar-refractivity contribution < 1.29 is 14.3 Å². The first-order chi connectivity index (χ1) is 11.5. The molecule has 0 heterocycles. The van der Waals surface area contributed by atoms with Crippen LogP contribution in [0.5, 0.6) is 5.75 Å². The predicted octanol–water partition coefficient (Wildman–Crippen LogP) is 3.79. The molecule has 0 bridgehead atoms. The van der Waals surface area contributed by atoms with E-state index in [2.05, 4.69) is 24.5 Å². The smallest absolute Gasteiger partial charge is 0.314 e.